The summed E-state index contributed by atoms with van der Waals surface area (Å²) >= 11 is 0. The Kier molecular flexibility index (Phi) is 3.79. The van der Waals surface area contributed by atoms with Crippen LogP contribution in [0.1, 0.15) is 49.3 Å². The number of ether oxygens (including phenoxy) is 2. The highest BCUT2D eigenvalue weighted by atomic mass is 16.5. The molecule has 1 fully saturated rings. The highest BCUT2D eigenvalue weighted by molar-refractivity contribution is 5.78. The van der Waals surface area contributed by atoms with Gasteiger partial charge in [0.1, 0.15) is 0 Å². The largest absolute Gasteiger partial charge is 0.469 e. The van der Waals surface area contributed by atoms with Crippen molar-refractivity contribution in [3.8, 4) is 0 Å². The maximum absolute atomic E-state index is 12.5. The third kappa shape index (κ3) is 2.14. The number of fused-ring (bicyclic) bond motifs is 1. The average Bonchev–Trinajstić information content (AvgIpc) is 2.54. The molecule has 3 rings (SSSR count). The zero-order valence-corrected chi connectivity index (χ0v) is 12.1. The fraction of sp³-hybridized carbons (Fsp3) is 0.588. The third-order valence-corrected chi connectivity index (χ3v) is 4.83. The molecule has 0 N–H and O–H groups in total. The molecular formula is C17H22O3. The predicted molar refractivity (Wildman–Crippen MR) is 76.4 cm³/mol. The molecule has 1 aromatic carbocycles. The molecule has 1 aliphatic carbocycles. The fourth-order valence-electron chi connectivity index (χ4n) is 3.81. The average molecular weight is 274 g/mol. The monoisotopic (exact) mass is 274 g/mol. The molecule has 0 radical (unpaired) electrons. The van der Waals surface area contributed by atoms with E-state index in [0.29, 0.717) is 6.61 Å². The fourth-order valence-corrected chi connectivity index (χ4v) is 3.81. The molecule has 1 saturated carbocycles. The number of esters is 1. The van der Waals surface area contributed by atoms with E-state index in [1.165, 1.54) is 24.7 Å². The maximum Gasteiger partial charge on any atom is 0.314 e. The first-order valence-electron chi connectivity index (χ1n) is 7.56. The summed E-state index contributed by atoms with van der Waals surface area (Å²) < 4.78 is 11.2. The predicted octanol–water partition coefficient (Wildman–Crippen LogP) is 3.42. The molecule has 0 saturated heterocycles. The van der Waals surface area contributed by atoms with Crippen LogP contribution < -0.4 is 0 Å². The van der Waals surface area contributed by atoms with Gasteiger partial charge >= 0.3 is 5.97 Å². The number of benzene rings is 1. The van der Waals surface area contributed by atoms with Gasteiger partial charge in [0, 0.05) is 0 Å². The Morgan fingerprint density at radius 2 is 2.00 bits per heavy atom. The molecule has 0 bridgehead atoms. The van der Waals surface area contributed by atoms with Crippen molar-refractivity contribution in [1.29, 1.82) is 0 Å². The van der Waals surface area contributed by atoms with Gasteiger partial charge in [-0.15, -0.1) is 0 Å². The molecule has 0 amide bonds. The SMILES string of the molecule is COC(=O)C1(C2OCCc3ccccc32)CCCCC1. The summed E-state index contributed by atoms with van der Waals surface area (Å²) in [5.41, 5.74) is 2.02. The van der Waals surface area contributed by atoms with Crippen LogP contribution in [0.4, 0.5) is 0 Å². The van der Waals surface area contributed by atoms with Crippen molar-refractivity contribution in [2.24, 2.45) is 5.41 Å². The zero-order valence-electron chi connectivity index (χ0n) is 12.1. The van der Waals surface area contributed by atoms with Gasteiger partial charge in [-0.3, -0.25) is 4.79 Å². The molecular weight excluding hydrogens is 252 g/mol. The van der Waals surface area contributed by atoms with Gasteiger partial charge in [0.2, 0.25) is 0 Å². The molecule has 0 spiro atoms. The van der Waals surface area contributed by atoms with E-state index in [9.17, 15) is 4.79 Å². The molecule has 1 heterocycles. The molecule has 0 aromatic heterocycles. The first-order chi connectivity index (χ1) is 9.78. The highest BCUT2D eigenvalue weighted by Gasteiger charge is 2.50. The highest BCUT2D eigenvalue weighted by Crippen LogP contribution is 2.50. The van der Waals surface area contributed by atoms with Crippen LogP contribution in [0.25, 0.3) is 0 Å². The van der Waals surface area contributed by atoms with Gasteiger partial charge in [0.15, 0.2) is 0 Å². The van der Waals surface area contributed by atoms with Crippen LogP contribution in [-0.4, -0.2) is 19.7 Å². The van der Waals surface area contributed by atoms with E-state index in [4.69, 9.17) is 9.47 Å². The smallest absolute Gasteiger partial charge is 0.314 e. The van der Waals surface area contributed by atoms with Gasteiger partial charge in [0.25, 0.3) is 0 Å². The van der Waals surface area contributed by atoms with E-state index in [1.54, 1.807) is 0 Å². The number of rotatable bonds is 2. The Bertz CT molecular complexity index is 489. The van der Waals surface area contributed by atoms with Crippen LogP contribution in [-0.2, 0) is 20.7 Å². The minimum absolute atomic E-state index is 0.0982. The molecule has 2 aliphatic rings. The molecule has 1 atom stereocenters. The van der Waals surface area contributed by atoms with Gasteiger partial charge in [-0.1, -0.05) is 43.5 Å². The van der Waals surface area contributed by atoms with Gasteiger partial charge in [-0.2, -0.15) is 0 Å². The number of carbonyl (C=O) groups is 1. The third-order valence-electron chi connectivity index (χ3n) is 4.83. The lowest BCUT2D eigenvalue weighted by Crippen LogP contribution is -2.43. The van der Waals surface area contributed by atoms with Crippen LogP contribution in [0.2, 0.25) is 0 Å². The summed E-state index contributed by atoms with van der Waals surface area (Å²) in [5, 5.41) is 0. The first-order valence-corrected chi connectivity index (χ1v) is 7.56. The van der Waals surface area contributed by atoms with Crippen molar-refractivity contribution in [2.75, 3.05) is 13.7 Å². The Morgan fingerprint density at radius 3 is 2.75 bits per heavy atom. The van der Waals surface area contributed by atoms with Crippen LogP contribution >= 0.6 is 0 Å². The van der Waals surface area contributed by atoms with Crippen molar-refractivity contribution in [3.05, 3.63) is 35.4 Å². The molecule has 108 valence electrons. The van der Waals surface area contributed by atoms with Crippen molar-refractivity contribution in [1.82, 2.24) is 0 Å². The van der Waals surface area contributed by atoms with Crippen LogP contribution in [0.15, 0.2) is 24.3 Å². The lowest BCUT2D eigenvalue weighted by atomic mass is 9.67. The molecule has 20 heavy (non-hydrogen) atoms. The van der Waals surface area contributed by atoms with Gasteiger partial charge in [0.05, 0.1) is 25.2 Å². The minimum Gasteiger partial charge on any atom is -0.469 e. The molecule has 1 aromatic rings. The molecule has 1 unspecified atom stereocenters. The van der Waals surface area contributed by atoms with Crippen molar-refractivity contribution in [3.63, 3.8) is 0 Å². The van der Waals surface area contributed by atoms with Crippen molar-refractivity contribution in [2.45, 2.75) is 44.6 Å². The first kappa shape index (κ1) is 13.6. The summed E-state index contributed by atoms with van der Waals surface area (Å²) in [5.74, 6) is -0.0982. The van der Waals surface area contributed by atoms with Gasteiger partial charge in [-0.05, 0) is 30.4 Å². The lowest BCUT2D eigenvalue weighted by molar-refractivity contribution is -0.170. The quantitative estimate of drug-likeness (QED) is 0.775. The Morgan fingerprint density at radius 1 is 1.25 bits per heavy atom. The summed E-state index contributed by atoms with van der Waals surface area (Å²) in [4.78, 5) is 12.5. The zero-order chi connectivity index (χ0) is 14.0. The number of carbonyl (C=O) groups excluding carboxylic acids is 1. The second kappa shape index (κ2) is 5.57. The second-order valence-corrected chi connectivity index (χ2v) is 5.91. The van der Waals surface area contributed by atoms with E-state index in [0.717, 1.165) is 32.1 Å². The number of methoxy groups -OCH3 is 1. The minimum atomic E-state index is -0.483. The van der Waals surface area contributed by atoms with Gasteiger partial charge < -0.3 is 9.47 Å². The van der Waals surface area contributed by atoms with E-state index < -0.39 is 5.41 Å². The topological polar surface area (TPSA) is 35.5 Å². The Hall–Kier alpha value is -1.35. The van der Waals surface area contributed by atoms with Crippen molar-refractivity contribution < 1.29 is 14.3 Å². The number of hydrogen-bond acceptors (Lipinski definition) is 3. The summed E-state index contributed by atoms with van der Waals surface area (Å²) in [6, 6.07) is 8.36. The van der Waals surface area contributed by atoms with Gasteiger partial charge in [-0.25, -0.2) is 0 Å². The Labute approximate surface area is 120 Å². The van der Waals surface area contributed by atoms with E-state index >= 15 is 0 Å². The lowest BCUT2D eigenvalue weighted by Gasteiger charge is -2.43. The molecule has 1 aliphatic heterocycles. The summed E-state index contributed by atoms with van der Waals surface area (Å²) in [7, 11) is 1.49. The maximum atomic E-state index is 12.5. The summed E-state index contributed by atoms with van der Waals surface area (Å²) in [6.45, 7) is 0.695. The van der Waals surface area contributed by atoms with Crippen molar-refractivity contribution >= 4 is 5.97 Å². The van der Waals surface area contributed by atoms with Crippen LogP contribution in [0.3, 0.4) is 0 Å². The van der Waals surface area contributed by atoms with E-state index in [1.807, 2.05) is 6.07 Å². The van der Waals surface area contributed by atoms with Crippen LogP contribution in [0.5, 0.6) is 0 Å². The molecule has 3 nitrogen and oxygen atoms in total. The Balaban J connectivity index is 2.02. The van der Waals surface area contributed by atoms with E-state index in [2.05, 4.69) is 18.2 Å². The second-order valence-electron chi connectivity index (χ2n) is 5.91. The molecule has 3 heteroatoms. The standard InChI is InChI=1S/C17H22O3/c1-19-16(18)17(10-5-2-6-11-17)15-14-8-4-3-7-13(14)9-12-20-15/h3-4,7-8,15H,2,5-6,9-12H2,1H3. The normalized spacial score (nSPS) is 24.8. The van der Waals surface area contributed by atoms with Crippen LogP contribution in [0, 0.1) is 5.41 Å². The van der Waals surface area contributed by atoms with E-state index in [-0.39, 0.29) is 12.1 Å². The summed E-state index contributed by atoms with van der Waals surface area (Å²) in [6.07, 6.45) is 5.91. The number of hydrogen-bond donors (Lipinski definition) is 0.